The molecular formula is C14H15N5OS. The molecule has 0 amide bonds. The van der Waals surface area contributed by atoms with Gasteiger partial charge in [-0.25, -0.2) is 0 Å². The number of hydrogen-bond acceptors (Lipinski definition) is 6. The highest BCUT2D eigenvalue weighted by Crippen LogP contribution is 2.33. The van der Waals surface area contributed by atoms with Crippen molar-refractivity contribution in [1.82, 2.24) is 25.0 Å². The molecule has 0 aliphatic heterocycles. The number of aryl methyl sites for hydroxylation is 2. The number of benzene rings is 1. The van der Waals surface area contributed by atoms with Crippen LogP contribution in [0.1, 0.15) is 23.6 Å². The first-order valence-corrected chi connectivity index (χ1v) is 7.42. The smallest absolute Gasteiger partial charge is 0.247 e. The maximum Gasteiger partial charge on any atom is 0.247 e. The van der Waals surface area contributed by atoms with E-state index in [0.29, 0.717) is 11.8 Å². The van der Waals surface area contributed by atoms with Gasteiger partial charge >= 0.3 is 0 Å². The summed E-state index contributed by atoms with van der Waals surface area (Å²) in [5.74, 6) is 1.12. The minimum absolute atomic E-state index is 0.0135. The van der Waals surface area contributed by atoms with Crippen molar-refractivity contribution in [3.8, 4) is 11.5 Å². The van der Waals surface area contributed by atoms with E-state index in [4.69, 9.17) is 4.42 Å². The van der Waals surface area contributed by atoms with Gasteiger partial charge in [0.05, 0.1) is 5.25 Å². The maximum absolute atomic E-state index is 5.76. The Balaban J connectivity index is 1.78. The summed E-state index contributed by atoms with van der Waals surface area (Å²) in [6.45, 7) is 4.05. The summed E-state index contributed by atoms with van der Waals surface area (Å²) < 4.78 is 7.62. The largest absolute Gasteiger partial charge is 0.419 e. The van der Waals surface area contributed by atoms with Crippen molar-refractivity contribution in [3.63, 3.8) is 0 Å². The summed E-state index contributed by atoms with van der Waals surface area (Å²) in [5.41, 5.74) is 2.12. The zero-order chi connectivity index (χ0) is 14.8. The molecule has 1 aromatic carbocycles. The van der Waals surface area contributed by atoms with E-state index in [1.807, 2.05) is 49.7 Å². The number of aromatic nitrogens is 5. The molecule has 3 rings (SSSR count). The lowest BCUT2D eigenvalue weighted by Crippen LogP contribution is -1.94. The van der Waals surface area contributed by atoms with Crippen LogP contribution in [0.4, 0.5) is 0 Å². The van der Waals surface area contributed by atoms with Crippen LogP contribution in [0.25, 0.3) is 11.5 Å². The third kappa shape index (κ3) is 2.97. The Morgan fingerprint density at radius 1 is 1.14 bits per heavy atom. The molecule has 0 bridgehead atoms. The molecule has 108 valence electrons. The van der Waals surface area contributed by atoms with Gasteiger partial charge < -0.3 is 8.98 Å². The lowest BCUT2D eigenvalue weighted by atomic mass is 10.1. The summed E-state index contributed by atoms with van der Waals surface area (Å²) in [4.78, 5) is 0. The highest BCUT2D eigenvalue weighted by Gasteiger charge is 2.18. The second-order valence-electron chi connectivity index (χ2n) is 4.80. The van der Waals surface area contributed by atoms with Gasteiger partial charge in [0.2, 0.25) is 11.8 Å². The van der Waals surface area contributed by atoms with Crippen LogP contribution < -0.4 is 0 Å². The van der Waals surface area contributed by atoms with Crippen molar-refractivity contribution in [2.24, 2.45) is 7.05 Å². The van der Waals surface area contributed by atoms with Crippen LogP contribution in [-0.4, -0.2) is 25.0 Å². The van der Waals surface area contributed by atoms with Gasteiger partial charge in [-0.2, -0.15) is 0 Å². The molecule has 21 heavy (non-hydrogen) atoms. The zero-order valence-electron chi connectivity index (χ0n) is 12.0. The van der Waals surface area contributed by atoms with Gasteiger partial charge in [-0.05, 0) is 26.0 Å². The number of hydrogen-bond donors (Lipinski definition) is 0. The Labute approximate surface area is 126 Å². The van der Waals surface area contributed by atoms with Gasteiger partial charge in [-0.3, -0.25) is 0 Å². The van der Waals surface area contributed by atoms with E-state index in [1.165, 1.54) is 17.3 Å². The van der Waals surface area contributed by atoms with E-state index in [1.54, 1.807) is 6.33 Å². The highest BCUT2D eigenvalue weighted by molar-refractivity contribution is 7.99. The Kier molecular flexibility index (Phi) is 3.74. The van der Waals surface area contributed by atoms with Crippen molar-refractivity contribution in [1.29, 1.82) is 0 Å². The summed E-state index contributed by atoms with van der Waals surface area (Å²) in [6.07, 6.45) is 1.67. The Bertz CT molecular complexity index is 734. The average molecular weight is 301 g/mol. The van der Waals surface area contributed by atoms with E-state index >= 15 is 0 Å². The molecule has 7 heteroatoms. The summed E-state index contributed by atoms with van der Waals surface area (Å²) in [5, 5.41) is 17.0. The summed E-state index contributed by atoms with van der Waals surface area (Å²) in [7, 11) is 1.90. The number of nitrogens with zero attached hydrogens (tertiary/aromatic N) is 5. The standard InChI is InChI=1S/C14H15N5OS/c1-9-4-6-11(7-5-9)13-17-16-12(20-13)10(2)21-14-18-15-8-19(14)3/h4-8,10H,1-3H3. The molecule has 0 N–H and O–H groups in total. The zero-order valence-corrected chi connectivity index (χ0v) is 12.8. The SMILES string of the molecule is Cc1ccc(-c2nnc(C(C)Sc3nncn3C)o2)cc1. The average Bonchev–Trinajstić information content (AvgIpc) is 3.10. The molecule has 0 saturated carbocycles. The van der Waals surface area contributed by atoms with Gasteiger partial charge in [0.25, 0.3) is 0 Å². The molecule has 1 unspecified atom stereocenters. The monoisotopic (exact) mass is 301 g/mol. The van der Waals surface area contributed by atoms with E-state index in [0.717, 1.165) is 10.7 Å². The third-order valence-electron chi connectivity index (χ3n) is 3.04. The van der Waals surface area contributed by atoms with Crippen LogP contribution in [0.15, 0.2) is 40.2 Å². The van der Waals surface area contributed by atoms with E-state index in [-0.39, 0.29) is 5.25 Å². The Hall–Kier alpha value is -2.15. The topological polar surface area (TPSA) is 69.6 Å². The predicted molar refractivity (Wildman–Crippen MR) is 79.7 cm³/mol. The van der Waals surface area contributed by atoms with Crippen LogP contribution in [0.3, 0.4) is 0 Å². The first-order valence-electron chi connectivity index (χ1n) is 6.54. The van der Waals surface area contributed by atoms with Gasteiger partial charge in [0, 0.05) is 12.6 Å². The van der Waals surface area contributed by atoms with Crippen LogP contribution in [0.5, 0.6) is 0 Å². The molecule has 0 aliphatic carbocycles. The molecule has 0 spiro atoms. The minimum Gasteiger partial charge on any atom is -0.419 e. The van der Waals surface area contributed by atoms with Gasteiger partial charge in [0.1, 0.15) is 6.33 Å². The third-order valence-corrected chi connectivity index (χ3v) is 4.17. The van der Waals surface area contributed by atoms with Gasteiger partial charge in [-0.1, -0.05) is 29.5 Å². The predicted octanol–water partition coefficient (Wildman–Crippen LogP) is 3.03. The first kappa shape index (κ1) is 13.8. The van der Waals surface area contributed by atoms with Crippen molar-refractivity contribution in [2.75, 3.05) is 0 Å². The molecule has 3 aromatic rings. The van der Waals surface area contributed by atoms with Crippen molar-refractivity contribution in [3.05, 3.63) is 42.0 Å². The second kappa shape index (κ2) is 5.69. The van der Waals surface area contributed by atoms with Gasteiger partial charge in [-0.15, -0.1) is 20.4 Å². The molecule has 6 nitrogen and oxygen atoms in total. The quantitative estimate of drug-likeness (QED) is 0.690. The molecule has 0 radical (unpaired) electrons. The van der Waals surface area contributed by atoms with Gasteiger partial charge in [0.15, 0.2) is 5.16 Å². The fraction of sp³-hybridized carbons (Fsp3) is 0.286. The number of thioether (sulfide) groups is 1. The molecule has 0 aliphatic rings. The summed E-state index contributed by atoms with van der Waals surface area (Å²) >= 11 is 1.53. The lowest BCUT2D eigenvalue weighted by Gasteiger charge is -2.04. The molecule has 2 aromatic heterocycles. The van der Waals surface area contributed by atoms with E-state index in [9.17, 15) is 0 Å². The van der Waals surface area contributed by atoms with Crippen molar-refractivity contribution in [2.45, 2.75) is 24.3 Å². The minimum atomic E-state index is 0.0135. The Morgan fingerprint density at radius 3 is 2.57 bits per heavy atom. The second-order valence-corrected chi connectivity index (χ2v) is 6.10. The summed E-state index contributed by atoms with van der Waals surface area (Å²) in [6, 6.07) is 8.01. The lowest BCUT2D eigenvalue weighted by molar-refractivity contribution is 0.508. The molecule has 2 heterocycles. The van der Waals surface area contributed by atoms with Crippen LogP contribution in [0.2, 0.25) is 0 Å². The van der Waals surface area contributed by atoms with Crippen LogP contribution in [0, 0.1) is 6.92 Å². The molecule has 0 saturated heterocycles. The number of rotatable bonds is 4. The normalized spacial score (nSPS) is 12.5. The highest BCUT2D eigenvalue weighted by atomic mass is 32.2. The Morgan fingerprint density at radius 2 is 1.90 bits per heavy atom. The first-order chi connectivity index (χ1) is 10.1. The van der Waals surface area contributed by atoms with Crippen LogP contribution in [-0.2, 0) is 7.05 Å². The van der Waals surface area contributed by atoms with Crippen molar-refractivity contribution < 1.29 is 4.42 Å². The maximum atomic E-state index is 5.76. The molecule has 0 fully saturated rings. The molecular weight excluding hydrogens is 286 g/mol. The molecule has 1 atom stereocenters. The van der Waals surface area contributed by atoms with Crippen LogP contribution >= 0.6 is 11.8 Å². The van der Waals surface area contributed by atoms with Crippen molar-refractivity contribution >= 4 is 11.8 Å². The van der Waals surface area contributed by atoms with E-state index in [2.05, 4.69) is 20.4 Å². The fourth-order valence-corrected chi connectivity index (χ4v) is 2.62. The fourth-order valence-electron chi connectivity index (χ4n) is 1.80. The van der Waals surface area contributed by atoms with E-state index < -0.39 is 0 Å².